The molecule has 0 unspecified atom stereocenters. The summed E-state index contributed by atoms with van der Waals surface area (Å²) in [6, 6.07) is -0.0933. The second kappa shape index (κ2) is 4.81. The Morgan fingerprint density at radius 2 is 2.05 bits per heavy atom. The summed E-state index contributed by atoms with van der Waals surface area (Å²) < 4.78 is 0. The van der Waals surface area contributed by atoms with Crippen molar-refractivity contribution < 1.29 is 19.8 Å². The van der Waals surface area contributed by atoms with Crippen LogP contribution in [0.2, 0.25) is 0 Å². The van der Waals surface area contributed by atoms with Gasteiger partial charge in [0.05, 0.1) is 18.1 Å². The molecule has 1 saturated heterocycles. The number of carboxylic acid groups (broad SMARTS) is 1. The summed E-state index contributed by atoms with van der Waals surface area (Å²) in [5.41, 5.74) is 1.06. The number of carboxylic acids is 1. The van der Waals surface area contributed by atoms with Crippen molar-refractivity contribution in [3.63, 3.8) is 0 Å². The Balaban J connectivity index is 2.06. The number of rotatable bonds is 3. The van der Waals surface area contributed by atoms with Crippen LogP contribution in [0.1, 0.15) is 26.2 Å². The molecule has 6 nitrogen and oxygen atoms in total. The molecule has 0 aromatic heterocycles. The Morgan fingerprint density at radius 3 is 2.57 bits per heavy atom. The number of carbonyl (C=O) groups excluding carboxylic acids is 1. The number of aliphatic hydroxyl groups excluding tert-OH is 1. The standard InChI is InChI=1S/C15H22N2O4/c1-7(18)10-12-8-5-4-6-9(16(2)3)11(8)13(15(20)21)17(12)14(10)19/h7-10,12,18H,4-6H2,1-3H3,(H,20,21)/t7-,8+,9+,10-,12-/m1/s1. The van der Waals surface area contributed by atoms with Crippen molar-refractivity contribution in [2.45, 2.75) is 44.4 Å². The molecular formula is C15H22N2O4. The van der Waals surface area contributed by atoms with Gasteiger partial charge in [-0.2, -0.15) is 0 Å². The molecule has 1 saturated carbocycles. The summed E-state index contributed by atoms with van der Waals surface area (Å²) in [4.78, 5) is 27.4. The van der Waals surface area contributed by atoms with Gasteiger partial charge in [0.15, 0.2) is 0 Å². The first-order valence-corrected chi connectivity index (χ1v) is 7.51. The smallest absolute Gasteiger partial charge is 0.352 e. The third-order valence-corrected chi connectivity index (χ3v) is 5.21. The van der Waals surface area contributed by atoms with Crippen LogP contribution in [0.3, 0.4) is 0 Å². The predicted molar refractivity (Wildman–Crippen MR) is 75.3 cm³/mol. The number of aliphatic hydroxyl groups is 1. The number of likely N-dealkylation sites (N-methyl/N-ethyl adjacent to an activating group) is 1. The summed E-state index contributed by atoms with van der Waals surface area (Å²) in [7, 11) is 3.89. The van der Waals surface area contributed by atoms with Gasteiger partial charge in [-0.25, -0.2) is 4.79 Å². The Labute approximate surface area is 124 Å². The number of β-lactam (4-membered cyclic amide) rings is 1. The number of hydrogen-bond donors (Lipinski definition) is 2. The van der Waals surface area contributed by atoms with Crippen LogP contribution in [-0.4, -0.2) is 64.2 Å². The monoisotopic (exact) mass is 294 g/mol. The molecule has 1 aliphatic carbocycles. The second-order valence-electron chi connectivity index (χ2n) is 6.59. The number of hydrogen-bond acceptors (Lipinski definition) is 4. The Hall–Kier alpha value is -1.40. The second-order valence-corrected chi connectivity index (χ2v) is 6.59. The molecule has 5 atom stereocenters. The molecule has 2 N–H and O–H groups in total. The van der Waals surface area contributed by atoms with Gasteiger partial charge < -0.3 is 20.0 Å². The van der Waals surface area contributed by atoms with E-state index in [-0.39, 0.29) is 29.6 Å². The van der Waals surface area contributed by atoms with Crippen molar-refractivity contribution in [1.82, 2.24) is 9.80 Å². The van der Waals surface area contributed by atoms with Gasteiger partial charge in [-0.3, -0.25) is 4.79 Å². The van der Waals surface area contributed by atoms with Crippen molar-refractivity contribution in [3.8, 4) is 0 Å². The van der Waals surface area contributed by atoms with E-state index >= 15 is 0 Å². The highest BCUT2D eigenvalue weighted by atomic mass is 16.4. The Kier molecular flexibility index (Phi) is 3.33. The largest absolute Gasteiger partial charge is 0.477 e. The Bertz CT molecular complexity index is 526. The molecule has 6 heteroatoms. The molecule has 3 rings (SSSR count). The average molecular weight is 294 g/mol. The first-order chi connectivity index (χ1) is 9.86. The molecule has 0 bridgehead atoms. The quantitative estimate of drug-likeness (QED) is 0.731. The fourth-order valence-corrected chi connectivity index (χ4v) is 4.39. The van der Waals surface area contributed by atoms with Crippen LogP contribution in [0.25, 0.3) is 0 Å². The number of aliphatic carboxylic acids is 1. The number of nitrogens with zero attached hydrogens (tertiary/aromatic N) is 2. The zero-order valence-electron chi connectivity index (χ0n) is 12.6. The average Bonchev–Trinajstić information content (AvgIpc) is 2.68. The minimum Gasteiger partial charge on any atom is -0.477 e. The minimum atomic E-state index is -1.02. The molecule has 3 aliphatic rings. The van der Waals surface area contributed by atoms with E-state index in [2.05, 4.69) is 0 Å². The molecule has 2 aliphatic heterocycles. The van der Waals surface area contributed by atoms with Crippen LogP contribution in [0.5, 0.6) is 0 Å². The third kappa shape index (κ3) is 1.85. The van der Waals surface area contributed by atoms with Crippen LogP contribution in [0.4, 0.5) is 0 Å². The topological polar surface area (TPSA) is 81.1 Å². The van der Waals surface area contributed by atoms with Crippen molar-refractivity contribution >= 4 is 11.9 Å². The van der Waals surface area contributed by atoms with Crippen LogP contribution < -0.4 is 0 Å². The van der Waals surface area contributed by atoms with Gasteiger partial charge in [-0.05, 0) is 39.4 Å². The molecule has 0 radical (unpaired) electrons. The molecule has 0 aromatic rings. The lowest BCUT2D eigenvalue weighted by Crippen LogP contribution is -2.64. The van der Waals surface area contributed by atoms with E-state index in [9.17, 15) is 19.8 Å². The van der Waals surface area contributed by atoms with Crippen molar-refractivity contribution in [2.75, 3.05) is 14.1 Å². The van der Waals surface area contributed by atoms with E-state index in [1.54, 1.807) is 6.92 Å². The SMILES string of the molecule is C[C@@H](O)[C@H]1C(=O)N2C(C(=O)O)=C3[C@H](CCC[C@@H]3N(C)C)[C@H]12. The maximum atomic E-state index is 12.3. The molecule has 2 heterocycles. The molecule has 1 amide bonds. The van der Waals surface area contributed by atoms with Gasteiger partial charge in [0.1, 0.15) is 5.70 Å². The van der Waals surface area contributed by atoms with Crippen molar-refractivity contribution in [2.24, 2.45) is 11.8 Å². The van der Waals surface area contributed by atoms with E-state index < -0.39 is 18.0 Å². The zero-order valence-corrected chi connectivity index (χ0v) is 12.6. The molecule has 0 aromatic carbocycles. The summed E-state index contributed by atoms with van der Waals surface area (Å²) >= 11 is 0. The van der Waals surface area contributed by atoms with E-state index in [0.717, 1.165) is 24.8 Å². The van der Waals surface area contributed by atoms with E-state index in [1.807, 2.05) is 19.0 Å². The summed E-state index contributed by atoms with van der Waals surface area (Å²) in [5.74, 6) is -1.65. The molecule has 2 fully saturated rings. The van der Waals surface area contributed by atoms with Crippen LogP contribution >= 0.6 is 0 Å². The van der Waals surface area contributed by atoms with Gasteiger partial charge >= 0.3 is 5.97 Å². The van der Waals surface area contributed by atoms with Crippen LogP contribution in [0.15, 0.2) is 11.3 Å². The maximum absolute atomic E-state index is 12.3. The van der Waals surface area contributed by atoms with Crippen molar-refractivity contribution in [3.05, 3.63) is 11.3 Å². The maximum Gasteiger partial charge on any atom is 0.352 e. The van der Waals surface area contributed by atoms with E-state index in [4.69, 9.17) is 0 Å². The van der Waals surface area contributed by atoms with Gasteiger partial charge in [0.2, 0.25) is 5.91 Å². The first-order valence-electron chi connectivity index (χ1n) is 7.51. The fraction of sp³-hybridized carbons (Fsp3) is 0.733. The highest BCUT2D eigenvalue weighted by molar-refractivity contribution is 6.00. The zero-order chi connectivity index (χ0) is 15.5. The summed E-state index contributed by atoms with van der Waals surface area (Å²) in [5, 5.41) is 19.4. The normalized spacial score (nSPS) is 36.4. The molecule has 21 heavy (non-hydrogen) atoms. The number of carbonyl (C=O) groups is 2. The fourth-order valence-electron chi connectivity index (χ4n) is 4.39. The lowest BCUT2D eigenvalue weighted by Gasteiger charge is -2.47. The van der Waals surface area contributed by atoms with Gasteiger partial charge in [-0.1, -0.05) is 6.42 Å². The lowest BCUT2D eigenvalue weighted by molar-refractivity contribution is -0.163. The van der Waals surface area contributed by atoms with Crippen LogP contribution in [0, 0.1) is 11.8 Å². The highest BCUT2D eigenvalue weighted by Crippen LogP contribution is 2.52. The molecule has 0 spiro atoms. The lowest BCUT2D eigenvalue weighted by atomic mass is 9.71. The molecular weight excluding hydrogens is 272 g/mol. The Morgan fingerprint density at radius 1 is 1.38 bits per heavy atom. The molecule has 116 valence electrons. The van der Waals surface area contributed by atoms with E-state index in [1.165, 1.54) is 4.90 Å². The van der Waals surface area contributed by atoms with Crippen molar-refractivity contribution in [1.29, 1.82) is 0 Å². The van der Waals surface area contributed by atoms with Gasteiger partial charge in [-0.15, -0.1) is 0 Å². The van der Waals surface area contributed by atoms with Crippen LogP contribution in [-0.2, 0) is 9.59 Å². The number of amides is 1. The van der Waals surface area contributed by atoms with E-state index in [0.29, 0.717) is 0 Å². The first kappa shape index (κ1) is 14.5. The minimum absolute atomic E-state index is 0.0721. The summed E-state index contributed by atoms with van der Waals surface area (Å²) in [6.07, 6.45) is 2.11. The number of fused-ring (bicyclic) bond motifs is 3. The predicted octanol–water partition coefficient (Wildman–Crippen LogP) is 0.277. The third-order valence-electron chi connectivity index (χ3n) is 5.21. The summed E-state index contributed by atoms with van der Waals surface area (Å²) in [6.45, 7) is 1.62. The van der Waals surface area contributed by atoms with Gasteiger partial charge in [0, 0.05) is 12.0 Å². The van der Waals surface area contributed by atoms with Gasteiger partial charge in [0.25, 0.3) is 0 Å². The highest BCUT2D eigenvalue weighted by Gasteiger charge is 2.62.